The molecule has 2 rings (SSSR count). The fourth-order valence-electron chi connectivity index (χ4n) is 2.53. The third-order valence-corrected chi connectivity index (χ3v) is 3.97. The number of benzene rings is 1. The van der Waals surface area contributed by atoms with Gasteiger partial charge in [0.15, 0.2) is 5.96 Å². The highest BCUT2D eigenvalue weighted by Crippen LogP contribution is 2.18. The summed E-state index contributed by atoms with van der Waals surface area (Å²) in [6, 6.07) is 7.39. The molecule has 5 nitrogen and oxygen atoms in total. The summed E-state index contributed by atoms with van der Waals surface area (Å²) < 4.78 is 5.85. The lowest BCUT2D eigenvalue weighted by atomic mass is 10.1. The molecule has 1 aromatic carbocycles. The Balaban J connectivity index is 1.91. The molecule has 0 radical (unpaired) electrons. The number of nitrogens with one attached hydrogen (secondary N) is 1. The van der Waals surface area contributed by atoms with Crippen molar-refractivity contribution in [3.63, 3.8) is 0 Å². The SMILES string of the molecule is CCNC(=NCC(C)Oc1cccc(Cl)c1)N1CCC(O)CC1. The molecule has 1 atom stereocenters. The van der Waals surface area contributed by atoms with Crippen LogP contribution in [0.4, 0.5) is 0 Å². The zero-order valence-electron chi connectivity index (χ0n) is 13.8. The van der Waals surface area contributed by atoms with Crippen molar-refractivity contribution in [1.29, 1.82) is 0 Å². The van der Waals surface area contributed by atoms with Crippen LogP contribution < -0.4 is 10.1 Å². The number of hydrogen-bond donors (Lipinski definition) is 2. The lowest BCUT2D eigenvalue weighted by Gasteiger charge is -2.32. The second-order valence-electron chi connectivity index (χ2n) is 5.80. The molecule has 0 saturated carbocycles. The van der Waals surface area contributed by atoms with Crippen molar-refractivity contribution in [3.8, 4) is 5.75 Å². The molecular weight excluding hydrogens is 314 g/mol. The standard InChI is InChI=1S/C17H26ClN3O2/c1-3-19-17(21-9-7-15(22)8-10-21)20-12-13(2)23-16-6-4-5-14(18)11-16/h4-6,11,13,15,22H,3,7-10,12H2,1-2H3,(H,19,20). The summed E-state index contributed by atoms with van der Waals surface area (Å²) in [5.74, 6) is 1.65. The van der Waals surface area contributed by atoms with E-state index >= 15 is 0 Å². The first-order chi connectivity index (χ1) is 11.1. The zero-order valence-corrected chi connectivity index (χ0v) is 14.6. The minimum Gasteiger partial charge on any atom is -0.489 e. The second kappa shape index (κ2) is 8.99. The van der Waals surface area contributed by atoms with Gasteiger partial charge in [-0.2, -0.15) is 0 Å². The second-order valence-corrected chi connectivity index (χ2v) is 6.24. The van der Waals surface area contributed by atoms with Gasteiger partial charge in [0, 0.05) is 24.7 Å². The van der Waals surface area contributed by atoms with Gasteiger partial charge < -0.3 is 20.1 Å². The Hall–Kier alpha value is -1.46. The predicted molar refractivity (Wildman–Crippen MR) is 94.3 cm³/mol. The zero-order chi connectivity index (χ0) is 16.7. The summed E-state index contributed by atoms with van der Waals surface area (Å²) in [7, 11) is 0. The molecule has 1 fully saturated rings. The highest BCUT2D eigenvalue weighted by atomic mass is 35.5. The first-order valence-corrected chi connectivity index (χ1v) is 8.59. The summed E-state index contributed by atoms with van der Waals surface area (Å²) in [5, 5.41) is 13.6. The van der Waals surface area contributed by atoms with Gasteiger partial charge in [0.25, 0.3) is 0 Å². The Morgan fingerprint density at radius 3 is 2.87 bits per heavy atom. The smallest absolute Gasteiger partial charge is 0.194 e. The topological polar surface area (TPSA) is 57.1 Å². The number of aliphatic hydroxyl groups excluding tert-OH is 1. The van der Waals surface area contributed by atoms with Crippen molar-refractivity contribution >= 4 is 17.6 Å². The van der Waals surface area contributed by atoms with Gasteiger partial charge in [-0.1, -0.05) is 17.7 Å². The lowest BCUT2D eigenvalue weighted by Crippen LogP contribution is -2.47. The van der Waals surface area contributed by atoms with Gasteiger partial charge in [-0.05, 0) is 44.9 Å². The maximum atomic E-state index is 9.63. The highest BCUT2D eigenvalue weighted by Gasteiger charge is 2.19. The quantitative estimate of drug-likeness (QED) is 0.639. The monoisotopic (exact) mass is 339 g/mol. The van der Waals surface area contributed by atoms with Crippen molar-refractivity contribution in [2.45, 2.75) is 38.9 Å². The van der Waals surface area contributed by atoms with E-state index in [1.54, 1.807) is 6.07 Å². The lowest BCUT2D eigenvalue weighted by molar-refractivity contribution is 0.107. The molecular formula is C17H26ClN3O2. The van der Waals surface area contributed by atoms with Crippen LogP contribution in [0.3, 0.4) is 0 Å². The van der Waals surface area contributed by atoms with E-state index in [1.807, 2.05) is 25.1 Å². The van der Waals surface area contributed by atoms with Crippen LogP contribution in [-0.2, 0) is 0 Å². The van der Waals surface area contributed by atoms with Crippen molar-refractivity contribution in [1.82, 2.24) is 10.2 Å². The van der Waals surface area contributed by atoms with E-state index in [2.05, 4.69) is 22.1 Å². The molecule has 1 unspecified atom stereocenters. The summed E-state index contributed by atoms with van der Waals surface area (Å²) >= 11 is 5.97. The average molecular weight is 340 g/mol. The maximum absolute atomic E-state index is 9.63. The van der Waals surface area contributed by atoms with Crippen LogP contribution in [0.15, 0.2) is 29.3 Å². The van der Waals surface area contributed by atoms with E-state index in [4.69, 9.17) is 16.3 Å². The predicted octanol–water partition coefficient (Wildman–Crippen LogP) is 2.53. The van der Waals surface area contributed by atoms with Crippen LogP contribution in [0.25, 0.3) is 0 Å². The molecule has 1 aromatic rings. The normalized spacial score (nSPS) is 17.9. The van der Waals surface area contributed by atoms with Gasteiger partial charge in [-0.15, -0.1) is 0 Å². The largest absolute Gasteiger partial charge is 0.489 e. The average Bonchev–Trinajstić information content (AvgIpc) is 2.52. The molecule has 1 aliphatic heterocycles. The Kier molecular flexibility index (Phi) is 6.99. The fraction of sp³-hybridized carbons (Fsp3) is 0.588. The molecule has 0 aliphatic carbocycles. The molecule has 128 valence electrons. The Bertz CT molecular complexity index is 516. The van der Waals surface area contributed by atoms with Crippen LogP contribution in [0.1, 0.15) is 26.7 Å². The molecule has 0 spiro atoms. The minimum atomic E-state index is -0.181. The van der Waals surface area contributed by atoms with E-state index in [0.29, 0.717) is 11.6 Å². The number of guanidine groups is 1. The maximum Gasteiger partial charge on any atom is 0.194 e. The van der Waals surface area contributed by atoms with Crippen LogP contribution >= 0.6 is 11.6 Å². The van der Waals surface area contributed by atoms with Gasteiger partial charge in [0.05, 0.1) is 12.6 Å². The van der Waals surface area contributed by atoms with Crippen LogP contribution in [0, 0.1) is 0 Å². The summed E-state index contributed by atoms with van der Waals surface area (Å²) in [6.07, 6.45) is 1.36. The molecule has 1 aliphatic rings. The molecule has 0 aromatic heterocycles. The number of ether oxygens (including phenoxy) is 1. The van der Waals surface area contributed by atoms with Crippen molar-refractivity contribution < 1.29 is 9.84 Å². The third kappa shape index (κ3) is 5.92. The van der Waals surface area contributed by atoms with Crippen molar-refractivity contribution in [3.05, 3.63) is 29.3 Å². The molecule has 2 N–H and O–H groups in total. The molecule has 23 heavy (non-hydrogen) atoms. The summed E-state index contributed by atoms with van der Waals surface area (Å²) in [6.45, 7) is 7.09. The number of piperidine rings is 1. The number of aliphatic imine (C=N–C) groups is 1. The number of hydrogen-bond acceptors (Lipinski definition) is 3. The number of likely N-dealkylation sites (tertiary alicyclic amines) is 1. The highest BCUT2D eigenvalue weighted by molar-refractivity contribution is 6.30. The Morgan fingerprint density at radius 1 is 1.48 bits per heavy atom. The van der Waals surface area contributed by atoms with Crippen molar-refractivity contribution in [2.75, 3.05) is 26.2 Å². The molecule has 1 heterocycles. The van der Waals surface area contributed by atoms with E-state index in [0.717, 1.165) is 44.2 Å². The number of aliphatic hydroxyl groups is 1. The number of nitrogens with zero attached hydrogens (tertiary/aromatic N) is 2. The van der Waals surface area contributed by atoms with Gasteiger partial charge in [-0.3, -0.25) is 0 Å². The van der Waals surface area contributed by atoms with Gasteiger partial charge in [-0.25, -0.2) is 4.99 Å². The van der Waals surface area contributed by atoms with Crippen LogP contribution in [0.2, 0.25) is 5.02 Å². The fourth-order valence-corrected chi connectivity index (χ4v) is 2.71. The van der Waals surface area contributed by atoms with Gasteiger partial charge in [0.1, 0.15) is 11.9 Å². The number of halogens is 1. The van der Waals surface area contributed by atoms with E-state index in [-0.39, 0.29) is 12.2 Å². The summed E-state index contributed by atoms with van der Waals surface area (Å²) in [5.41, 5.74) is 0. The molecule has 6 heteroatoms. The van der Waals surface area contributed by atoms with Crippen LogP contribution in [0.5, 0.6) is 5.75 Å². The Labute approximate surface area is 143 Å². The first-order valence-electron chi connectivity index (χ1n) is 8.22. The van der Waals surface area contributed by atoms with Gasteiger partial charge in [0.2, 0.25) is 0 Å². The molecule has 0 bridgehead atoms. The van der Waals surface area contributed by atoms with Gasteiger partial charge >= 0.3 is 0 Å². The third-order valence-electron chi connectivity index (χ3n) is 3.73. The first kappa shape index (κ1) is 17.9. The van der Waals surface area contributed by atoms with E-state index in [9.17, 15) is 5.11 Å². The van der Waals surface area contributed by atoms with Crippen molar-refractivity contribution in [2.24, 2.45) is 4.99 Å². The minimum absolute atomic E-state index is 0.0440. The molecule has 1 saturated heterocycles. The number of rotatable bonds is 5. The van der Waals surface area contributed by atoms with Crippen LogP contribution in [-0.4, -0.2) is 54.4 Å². The molecule has 0 amide bonds. The van der Waals surface area contributed by atoms with E-state index < -0.39 is 0 Å². The Morgan fingerprint density at radius 2 is 2.22 bits per heavy atom. The summed E-state index contributed by atoms with van der Waals surface area (Å²) in [4.78, 5) is 6.87. The van der Waals surface area contributed by atoms with E-state index in [1.165, 1.54) is 0 Å².